The van der Waals surface area contributed by atoms with Gasteiger partial charge in [-0.2, -0.15) is 5.26 Å². The van der Waals surface area contributed by atoms with Crippen molar-refractivity contribution in [2.45, 2.75) is 11.3 Å². The highest BCUT2D eigenvalue weighted by Gasteiger charge is 2.24. The first-order chi connectivity index (χ1) is 7.27. The highest BCUT2D eigenvalue weighted by atomic mass is 79.9. The lowest BCUT2D eigenvalue weighted by Crippen LogP contribution is -2.03. The summed E-state index contributed by atoms with van der Waals surface area (Å²) in [6.45, 7) is 0. The molecule has 1 aromatic rings. The van der Waals surface area contributed by atoms with E-state index >= 15 is 0 Å². The molecule has 0 amide bonds. The predicted octanol–water partition coefficient (Wildman–Crippen LogP) is 2.58. The van der Waals surface area contributed by atoms with Crippen LogP contribution in [-0.4, -0.2) is 13.4 Å². The lowest BCUT2D eigenvalue weighted by Gasteiger charge is -2.05. The molecule has 1 aromatic heterocycles. The molecule has 0 aliphatic rings. The van der Waals surface area contributed by atoms with Crippen LogP contribution in [0.25, 0.3) is 0 Å². The molecule has 86 valence electrons. The number of aromatic nitrogens is 1. The Bertz CT molecular complexity index is 570. The standard InChI is InChI=1S/C7H2BrClF2N2O2S/c8-3-1-4(7(10)11)13-5(2-12)6(3)16(9,14)15/h1,7H. The first-order valence-electron chi connectivity index (χ1n) is 3.60. The summed E-state index contributed by atoms with van der Waals surface area (Å²) in [6.07, 6.45) is -2.91. The van der Waals surface area contributed by atoms with E-state index in [0.717, 1.165) is 6.07 Å². The summed E-state index contributed by atoms with van der Waals surface area (Å²) >= 11 is 2.75. The van der Waals surface area contributed by atoms with E-state index in [0.29, 0.717) is 0 Å². The van der Waals surface area contributed by atoms with Crippen LogP contribution in [0.4, 0.5) is 8.78 Å². The fourth-order valence-electron chi connectivity index (χ4n) is 0.940. The topological polar surface area (TPSA) is 70.8 Å². The van der Waals surface area contributed by atoms with Crippen molar-refractivity contribution in [2.24, 2.45) is 0 Å². The highest BCUT2D eigenvalue weighted by Crippen LogP contribution is 2.30. The van der Waals surface area contributed by atoms with Crippen LogP contribution in [0.3, 0.4) is 0 Å². The van der Waals surface area contributed by atoms with Crippen LogP contribution >= 0.6 is 26.6 Å². The van der Waals surface area contributed by atoms with Crippen LogP contribution in [0.1, 0.15) is 17.8 Å². The Hall–Kier alpha value is -0.780. The van der Waals surface area contributed by atoms with E-state index in [1.54, 1.807) is 0 Å². The van der Waals surface area contributed by atoms with E-state index < -0.39 is 31.8 Å². The molecule has 1 heterocycles. The molecule has 1 rings (SSSR count). The van der Waals surface area contributed by atoms with E-state index in [2.05, 4.69) is 20.9 Å². The van der Waals surface area contributed by atoms with Crippen molar-refractivity contribution in [3.05, 3.63) is 21.9 Å². The number of hydrogen-bond acceptors (Lipinski definition) is 4. The molecule has 4 nitrogen and oxygen atoms in total. The Morgan fingerprint density at radius 2 is 2.12 bits per heavy atom. The first kappa shape index (κ1) is 13.3. The Kier molecular flexibility index (Phi) is 3.83. The first-order valence-corrected chi connectivity index (χ1v) is 6.71. The minimum absolute atomic E-state index is 0.218. The zero-order valence-electron chi connectivity index (χ0n) is 7.29. The summed E-state index contributed by atoms with van der Waals surface area (Å²) in [7, 11) is 0.820. The Balaban J connectivity index is 3.62. The van der Waals surface area contributed by atoms with Gasteiger partial charge in [0.25, 0.3) is 15.5 Å². The van der Waals surface area contributed by atoms with Gasteiger partial charge < -0.3 is 0 Å². The molecule has 16 heavy (non-hydrogen) atoms. The fraction of sp³-hybridized carbons (Fsp3) is 0.143. The molecule has 0 bridgehead atoms. The maximum atomic E-state index is 12.3. The van der Waals surface area contributed by atoms with Crippen molar-refractivity contribution in [1.82, 2.24) is 4.98 Å². The number of halogens is 4. The lowest BCUT2D eigenvalue weighted by atomic mass is 10.3. The molecular formula is C7H2BrClF2N2O2S. The third-order valence-electron chi connectivity index (χ3n) is 1.52. The van der Waals surface area contributed by atoms with Crippen molar-refractivity contribution in [1.29, 1.82) is 5.26 Å². The average molecular weight is 332 g/mol. The second-order valence-corrected chi connectivity index (χ2v) is 5.91. The van der Waals surface area contributed by atoms with Gasteiger partial charge >= 0.3 is 0 Å². The van der Waals surface area contributed by atoms with Gasteiger partial charge in [0, 0.05) is 15.2 Å². The van der Waals surface area contributed by atoms with Gasteiger partial charge in [0.2, 0.25) is 0 Å². The van der Waals surface area contributed by atoms with E-state index in [1.807, 2.05) is 0 Å². The molecule has 0 atom stereocenters. The summed E-state index contributed by atoms with van der Waals surface area (Å²) in [5, 5.41) is 8.61. The second kappa shape index (κ2) is 4.61. The van der Waals surface area contributed by atoms with Crippen LogP contribution in [0, 0.1) is 11.3 Å². The van der Waals surface area contributed by atoms with Gasteiger partial charge in [-0.3, -0.25) is 0 Å². The van der Waals surface area contributed by atoms with Gasteiger partial charge in [0.1, 0.15) is 16.7 Å². The monoisotopic (exact) mass is 330 g/mol. The molecule has 0 saturated carbocycles. The van der Waals surface area contributed by atoms with Crippen LogP contribution < -0.4 is 0 Å². The van der Waals surface area contributed by atoms with E-state index in [9.17, 15) is 17.2 Å². The summed E-state index contributed by atoms with van der Waals surface area (Å²) in [4.78, 5) is 2.60. The molecule has 9 heteroatoms. The van der Waals surface area contributed by atoms with Crippen molar-refractivity contribution >= 4 is 35.7 Å². The van der Waals surface area contributed by atoms with Crippen molar-refractivity contribution in [2.75, 3.05) is 0 Å². The molecule has 0 aromatic carbocycles. The van der Waals surface area contributed by atoms with E-state index in [1.165, 1.54) is 6.07 Å². The Morgan fingerprint density at radius 1 is 1.56 bits per heavy atom. The van der Waals surface area contributed by atoms with Gasteiger partial charge in [-0.15, -0.1) is 0 Å². The molecule has 0 spiro atoms. The highest BCUT2D eigenvalue weighted by molar-refractivity contribution is 9.10. The maximum Gasteiger partial charge on any atom is 0.280 e. The summed E-state index contributed by atoms with van der Waals surface area (Å²) in [5.41, 5.74) is -1.37. The number of nitrogens with zero attached hydrogens (tertiary/aromatic N) is 2. The van der Waals surface area contributed by atoms with Gasteiger partial charge in [-0.25, -0.2) is 22.2 Å². The van der Waals surface area contributed by atoms with E-state index in [-0.39, 0.29) is 4.47 Å². The lowest BCUT2D eigenvalue weighted by molar-refractivity contribution is 0.145. The maximum absolute atomic E-state index is 12.3. The molecule has 0 aliphatic heterocycles. The van der Waals surface area contributed by atoms with Crippen LogP contribution in [0.5, 0.6) is 0 Å². The predicted molar refractivity (Wildman–Crippen MR) is 54.6 cm³/mol. The normalized spacial score (nSPS) is 11.5. The average Bonchev–Trinajstić information content (AvgIpc) is 2.14. The third-order valence-corrected chi connectivity index (χ3v) is 3.77. The molecule has 0 unspecified atom stereocenters. The fourth-order valence-corrected chi connectivity index (χ4v) is 3.36. The van der Waals surface area contributed by atoms with Gasteiger partial charge in [-0.05, 0) is 22.0 Å². The molecule has 0 saturated heterocycles. The van der Waals surface area contributed by atoms with Crippen molar-refractivity contribution in [3.63, 3.8) is 0 Å². The Morgan fingerprint density at radius 3 is 2.50 bits per heavy atom. The molecule has 0 radical (unpaired) electrons. The molecule has 0 aliphatic carbocycles. The largest absolute Gasteiger partial charge is 0.280 e. The van der Waals surface area contributed by atoms with Gasteiger partial charge in [0.15, 0.2) is 5.69 Å². The number of hydrogen-bond donors (Lipinski definition) is 0. The summed E-state index contributed by atoms with van der Waals surface area (Å²) < 4.78 is 46.6. The SMILES string of the molecule is N#Cc1nc(C(F)F)cc(Br)c1S(=O)(=O)Cl. The molecular weight excluding hydrogens is 330 g/mol. The van der Waals surface area contributed by atoms with Gasteiger partial charge in [0.05, 0.1) is 0 Å². The van der Waals surface area contributed by atoms with Gasteiger partial charge in [-0.1, -0.05) is 0 Å². The van der Waals surface area contributed by atoms with E-state index in [4.69, 9.17) is 15.9 Å². The summed E-state index contributed by atoms with van der Waals surface area (Å²) in [6, 6.07) is 2.21. The number of rotatable bonds is 2. The minimum atomic E-state index is -4.22. The van der Waals surface area contributed by atoms with Crippen LogP contribution in [0.15, 0.2) is 15.4 Å². The zero-order valence-corrected chi connectivity index (χ0v) is 10.4. The van der Waals surface area contributed by atoms with Crippen molar-refractivity contribution in [3.8, 4) is 6.07 Å². The zero-order chi connectivity index (χ0) is 12.5. The number of alkyl halides is 2. The smallest absolute Gasteiger partial charge is 0.235 e. The Labute approximate surface area is 102 Å². The third kappa shape index (κ3) is 2.66. The minimum Gasteiger partial charge on any atom is -0.235 e. The number of pyridine rings is 1. The molecule has 0 N–H and O–H groups in total. The van der Waals surface area contributed by atoms with Crippen molar-refractivity contribution < 1.29 is 17.2 Å². The quantitative estimate of drug-likeness (QED) is 0.781. The van der Waals surface area contributed by atoms with Crippen LogP contribution in [-0.2, 0) is 9.05 Å². The number of nitriles is 1. The van der Waals surface area contributed by atoms with Crippen LogP contribution in [0.2, 0.25) is 0 Å². The molecule has 0 fully saturated rings. The second-order valence-electron chi connectivity index (χ2n) is 2.56. The summed E-state index contributed by atoms with van der Waals surface area (Å²) in [5.74, 6) is 0.